The van der Waals surface area contributed by atoms with Crippen LogP contribution in [0.15, 0.2) is 18.2 Å². The molecule has 146 valence electrons. The van der Waals surface area contributed by atoms with Crippen LogP contribution in [-0.2, 0) is 20.8 Å². The zero-order valence-electron chi connectivity index (χ0n) is 15.4. The van der Waals surface area contributed by atoms with Crippen molar-refractivity contribution in [2.75, 3.05) is 31.6 Å². The highest BCUT2D eigenvalue weighted by Crippen LogP contribution is 2.36. The minimum absolute atomic E-state index is 0.0177. The zero-order valence-corrected chi connectivity index (χ0v) is 16.2. The molecule has 8 heteroatoms. The van der Waals surface area contributed by atoms with Crippen LogP contribution in [0.2, 0.25) is 5.02 Å². The number of nitrogens with zero attached hydrogens (tertiary/aromatic N) is 2. The Morgan fingerprint density at radius 3 is 2.89 bits per heavy atom. The summed E-state index contributed by atoms with van der Waals surface area (Å²) in [6.07, 6.45) is 2.90. The number of halogens is 1. The molecule has 0 spiro atoms. The van der Waals surface area contributed by atoms with Crippen LogP contribution < -0.4 is 15.5 Å². The van der Waals surface area contributed by atoms with E-state index < -0.39 is 6.04 Å². The Morgan fingerprint density at radius 2 is 2.15 bits per heavy atom. The first kappa shape index (κ1) is 19.5. The first-order chi connectivity index (χ1) is 13.0. The van der Waals surface area contributed by atoms with Gasteiger partial charge < -0.3 is 20.4 Å². The summed E-state index contributed by atoms with van der Waals surface area (Å²) in [7, 11) is 1.51. The Labute approximate surface area is 164 Å². The molecule has 2 heterocycles. The van der Waals surface area contributed by atoms with Gasteiger partial charge in [-0.15, -0.1) is 0 Å². The topological polar surface area (TPSA) is 81.8 Å². The van der Waals surface area contributed by atoms with Gasteiger partial charge >= 0.3 is 0 Å². The third-order valence-electron chi connectivity index (χ3n) is 5.43. The average Bonchev–Trinajstić information content (AvgIpc) is 2.86. The molecular formula is C19H25ClN4O3. The van der Waals surface area contributed by atoms with E-state index in [4.69, 9.17) is 11.6 Å². The number of benzene rings is 1. The molecule has 3 amide bonds. The van der Waals surface area contributed by atoms with Gasteiger partial charge in [-0.1, -0.05) is 17.7 Å². The standard InChI is InChI=1S/C19H25ClN4O3/c1-21-19(27)16(22-12-25)4-5-18(26)23-7-6-15-10-13-2-3-14(20)11-17(13)24(15)9-8-23/h2-3,11-12,15-16H,4-10H2,1H3,(H,21,27)(H,22,25). The Bertz CT molecular complexity index is 727. The Kier molecular flexibility index (Phi) is 6.21. The molecule has 1 aromatic rings. The van der Waals surface area contributed by atoms with Gasteiger partial charge in [0.25, 0.3) is 0 Å². The van der Waals surface area contributed by atoms with Crippen molar-refractivity contribution in [3.05, 3.63) is 28.8 Å². The number of carbonyl (C=O) groups is 3. The van der Waals surface area contributed by atoms with Crippen LogP contribution in [-0.4, -0.2) is 61.9 Å². The van der Waals surface area contributed by atoms with Gasteiger partial charge in [0, 0.05) is 49.9 Å². The van der Waals surface area contributed by atoms with Gasteiger partial charge in [0.05, 0.1) is 0 Å². The van der Waals surface area contributed by atoms with Gasteiger partial charge in [-0.3, -0.25) is 14.4 Å². The van der Waals surface area contributed by atoms with Crippen LogP contribution in [0, 0.1) is 0 Å². The molecule has 1 aromatic carbocycles. The summed E-state index contributed by atoms with van der Waals surface area (Å²) < 4.78 is 0. The fraction of sp³-hybridized carbons (Fsp3) is 0.526. The first-order valence-corrected chi connectivity index (χ1v) is 9.65. The lowest BCUT2D eigenvalue weighted by molar-refractivity contribution is -0.132. The van der Waals surface area contributed by atoms with E-state index in [2.05, 4.69) is 21.6 Å². The van der Waals surface area contributed by atoms with Crippen molar-refractivity contribution in [2.24, 2.45) is 0 Å². The third-order valence-corrected chi connectivity index (χ3v) is 5.66. The van der Waals surface area contributed by atoms with Crippen molar-refractivity contribution >= 4 is 35.5 Å². The van der Waals surface area contributed by atoms with Crippen LogP contribution in [0.25, 0.3) is 0 Å². The minimum atomic E-state index is -0.680. The number of hydrogen-bond donors (Lipinski definition) is 2. The molecule has 1 saturated heterocycles. The summed E-state index contributed by atoms with van der Waals surface area (Å²) in [5.74, 6) is -0.274. The van der Waals surface area contributed by atoms with E-state index in [0.29, 0.717) is 32.0 Å². The van der Waals surface area contributed by atoms with Gasteiger partial charge in [-0.25, -0.2) is 0 Å². The monoisotopic (exact) mass is 392 g/mol. The summed E-state index contributed by atoms with van der Waals surface area (Å²) >= 11 is 6.15. The number of hydrogen-bond acceptors (Lipinski definition) is 4. The lowest BCUT2D eigenvalue weighted by atomic mass is 10.1. The van der Waals surface area contributed by atoms with Gasteiger partial charge in [0.1, 0.15) is 6.04 Å². The van der Waals surface area contributed by atoms with Gasteiger partial charge in [-0.05, 0) is 37.0 Å². The smallest absolute Gasteiger partial charge is 0.242 e. The maximum atomic E-state index is 12.6. The van der Waals surface area contributed by atoms with Crippen LogP contribution in [0.4, 0.5) is 5.69 Å². The van der Waals surface area contributed by atoms with E-state index in [-0.39, 0.29) is 18.2 Å². The summed E-state index contributed by atoms with van der Waals surface area (Å²) in [6.45, 7) is 2.12. The number of amides is 3. The summed E-state index contributed by atoms with van der Waals surface area (Å²) in [5, 5.41) is 5.70. The number of likely N-dealkylation sites (N-methyl/N-ethyl adjacent to an activating group) is 1. The number of rotatable bonds is 6. The molecular weight excluding hydrogens is 368 g/mol. The first-order valence-electron chi connectivity index (χ1n) is 9.27. The molecule has 0 bridgehead atoms. The lowest BCUT2D eigenvalue weighted by Gasteiger charge is -2.25. The average molecular weight is 393 g/mol. The number of fused-ring (bicyclic) bond motifs is 3. The fourth-order valence-corrected chi connectivity index (χ4v) is 4.13. The highest BCUT2D eigenvalue weighted by atomic mass is 35.5. The number of carbonyl (C=O) groups excluding carboxylic acids is 3. The molecule has 2 N–H and O–H groups in total. The summed E-state index contributed by atoms with van der Waals surface area (Å²) in [6, 6.07) is 5.74. The van der Waals surface area contributed by atoms with E-state index in [1.807, 2.05) is 17.0 Å². The molecule has 0 aromatic heterocycles. The van der Waals surface area contributed by atoms with E-state index in [1.165, 1.54) is 18.3 Å². The van der Waals surface area contributed by atoms with E-state index in [1.54, 1.807) is 0 Å². The predicted octanol–water partition coefficient (Wildman–Crippen LogP) is 0.944. The molecule has 2 aliphatic rings. The second kappa shape index (κ2) is 8.61. The van der Waals surface area contributed by atoms with Gasteiger partial charge in [0.15, 0.2) is 0 Å². The number of nitrogens with one attached hydrogen (secondary N) is 2. The van der Waals surface area contributed by atoms with Crippen molar-refractivity contribution in [3.63, 3.8) is 0 Å². The summed E-state index contributed by atoms with van der Waals surface area (Å²) in [4.78, 5) is 39.3. The predicted molar refractivity (Wildman–Crippen MR) is 104 cm³/mol. The van der Waals surface area contributed by atoms with Crippen LogP contribution >= 0.6 is 11.6 Å². The van der Waals surface area contributed by atoms with Crippen LogP contribution in [0.3, 0.4) is 0 Å². The highest BCUT2D eigenvalue weighted by Gasteiger charge is 2.33. The third kappa shape index (κ3) is 4.35. The van der Waals surface area contributed by atoms with Crippen molar-refractivity contribution in [2.45, 2.75) is 37.8 Å². The van der Waals surface area contributed by atoms with Crippen LogP contribution in [0.1, 0.15) is 24.8 Å². The maximum absolute atomic E-state index is 12.6. The lowest BCUT2D eigenvalue weighted by Crippen LogP contribution is -2.43. The Morgan fingerprint density at radius 1 is 1.33 bits per heavy atom. The van der Waals surface area contributed by atoms with Gasteiger partial charge in [-0.2, -0.15) is 0 Å². The fourth-order valence-electron chi connectivity index (χ4n) is 3.97. The Hall–Kier alpha value is -2.28. The highest BCUT2D eigenvalue weighted by molar-refractivity contribution is 6.30. The molecule has 2 unspecified atom stereocenters. The Balaban J connectivity index is 1.58. The van der Waals surface area contributed by atoms with Crippen molar-refractivity contribution in [1.82, 2.24) is 15.5 Å². The molecule has 0 saturated carbocycles. The van der Waals surface area contributed by atoms with Gasteiger partial charge in [0.2, 0.25) is 18.2 Å². The van der Waals surface area contributed by atoms with E-state index in [0.717, 1.165) is 24.4 Å². The van der Waals surface area contributed by atoms with Crippen molar-refractivity contribution < 1.29 is 14.4 Å². The van der Waals surface area contributed by atoms with Crippen molar-refractivity contribution in [1.29, 1.82) is 0 Å². The normalized spacial score (nSPS) is 19.6. The quantitative estimate of drug-likeness (QED) is 0.706. The second-order valence-corrected chi connectivity index (χ2v) is 7.42. The molecule has 0 radical (unpaired) electrons. The summed E-state index contributed by atoms with van der Waals surface area (Å²) in [5.41, 5.74) is 2.49. The largest absolute Gasteiger partial charge is 0.366 e. The molecule has 3 rings (SSSR count). The molecule has 2 aliphatic heterocycles. The van der Waals surface area contributed by atoms with Crippen LogP contribution in [0.5, 0.6) is 0 Å². The molecule has 2 atom stereocenters. The maximum Gasteiger partial charge on any atom is 0.242 e. The second-order valence-electron chi connectivity index (χ2n) is 6.98. The minimum Gasteiger partial charge on any atom is -0.366 e. The van der Waals surface area contributed by atoms with E-state index in [9.17, 15) is 14.4 Å². The number of anilines is 1. The molecule has 7 nitrogen and oxygen atoms in total. The van der Waals surface area contributed by atoms with Crippen molar-refractivity contribution in [3.8, 4) is 0 Å². The van der Waals surface area contributed by atoms with E-state index >= 15 is 0 Å². The molecule has 0 aliphatic carbocycles. The molecule has 1 fully saturated rings. The zero-order chi connectivity index (χ0) is 19.4. The SMILES string of the molecule is CNC(=O)C(CCC(=O)N1CCC2Cc3ccc(Cl)cc3N2CC1)NC=O. The molecule has 27 heavy (non-hydrogen) atoms.